The molecule has 0 unspecified atom stereocenters. The summed E-state index contributed by atoms with van der Waals surface area (Å²) in [5.41, 5.74) is 7.72. The Morgan fingerprint density at radius 1 is 0.950 bits per heavy atom. The fraction of sp³-hybridized carbons (Fsp3) is 0.419. The molecule has 0 saturated carbocycles. The van der Waals surface area contributed by atoms with Gasteiger partial charge in [0.1, 0.15) is 5.52 Å². The summed E-state index contributed by atoms with van der Waals surface area (Å²) in [5, 5.41) is 11.1. The average molecular weight is 577 g/mol. The van der Waals surface area contributed by atoms with Crippen LogP contribution in [0.2, 0.25) is 0 Å². The lowest BCUT2D eigenvalue weighted by Crippen LogP contribution is -2.27. The van der Waals surface area contributed by atoms with Crippen LogP contribution in [0.3, 0.4) is 0 Å². The highest BCUT2D eigenvalue weighted by molar-refractivity contribution is 7.99. The van der Waals surface area contributed by atoms with Crippen molar-refractivity contribution in [1.82, 2.24) is 29.6 Å². The van der Waals surface area contributed by atoms with Crippen molar-refractivity contribution in [3.8, 4) is 11.4 Å². The van der Waals surface area contributed by atoms with Crippen molar-refractivity contribution in [3.05, 3.63) is 65.2 Å². The van der Waals surface area contributed by atoms with Crippen LogP contribution < -0.4 is 0 Å². The number of fused-ring (bicyclic) bond motifs is 3. The van der Waals surface area contributed by atoms with Gasteiger partial charge in [0.05, 0.1) is 5.52 Å². The predicted molar refractivity (Wildman–Crippen MR) is 166 cm³/mol. The minimum absolute atomic E-state index is 0. The van der Waals surface area contributed by atoms with Gasteiger partial charge in [0.2, 0.25) is 5.89 Å². The van der Waals surface area contributed by atoms with E-state index in [-0.39, 0.29) is 17.8 Å². The molecule has 2 aromatic carbocycles. The van der Waals surface area contributed by atoms with E-state index in [1.807, 2.05) is 13.0 Å². The Morgan fingerprint density at radius 2 is 1.73 bits per heavy atom. The third-order valence-corrected chi connectivity index (χ3v) is 8.65. The Hall–Kier alpha value is -2.94. The van der Waals surface area contributed by atoms with Crippen molar-refractivity contribution in [1.29, 1.82) is 0 Å². The van der Waals surface area contributed by atoms with Gasteiger partial charge in [0.15, 0.2) is 16.6 Å². The summed E-state index contributed by atoms with van der Waals surface area (Å²) in [7, 11) is 2.06. The zero-order valence-electron chi connectivity index (χ0n) is 23.9. The van der Waals surface area contributed by atoms with Crippen molar-refractivity contribution < 1.29 is 4.42 Å². The molecule has 0 atom stereocenters. The Labute approximate surface area is 246 Å². The van der Waals surface area contributed by atoms with Crippen molar-refractivity contribution in [3.63, 3.8) is 0 Å². The molecule has 210 valence electrons. The van der Waals surface area contributed by atoms with Gasteiger partial charge in [-0.1, -0.05) is 50.7 Å². The smallest absolute Gasteiger partial charge is 0.200 e. The molecule has 1 aliphatic rings. The van der Waals surface area contributed by atoms with Gasteiger partial charge < -0.3 is 13.9 Å². The van der Waals surface area contributed by atoms with Crippen LogP contribution in [0.5, 0.6) is 0 Å². The largest absolute Gasteiger partial charge is 0.440 e. The van der Waals surface area contributed by atoms with E-state index < -0.39 is 0 Å². The van der Waals surface area contributed by atoms with Crippen molar-refractivity contribution in [2.75, 3.05) is 25.4 Å². The maximum absolute atomic E-state index is 6.11. The summed E-state index contributed by atoms with van der Waals surface area (Å²) < 4.78 is 8.22. The first-order chi connectivity index (χ1) is 18.8. The van der Waals surface area contributed by atoms with E-state index in [0.717, 1.165) is 94.8 Å². The highest BCUT2D eigenvalue weighted by Gasteiger charge is 2.23. The fourth-order valence-electron chi connectivity index (χ4n) is 5.32. The van der Waals surface area contributed by atoms with E-state index in [1.54, 1.807) is 11.8 Å². The Kier molecular flexibility index (Phi) is 8.22. The first-order valence-corrected chi connectivity index (χ1v) is 14.8. The number of aryl methyl sites for hydroxylation is 1. The van der Waals surface area contributed by atoms with Gasteiger partial charge in [-0.25, -0.2) is 4.98 Å². The van der Waals surface area contributed by atoms with Gasteiger partial charge in [0, 0.05) is 47.9 Å². The van der Waals surface area contributed by atoms with E-state index in [1.165, 1.54) is 11.1 Å². The van der Waals surface area contributed by atoms with E-state index in [0.29, 0.717) is 0 Å². The monoisotopic (exact) mass is 576 g/mol. The van der Waals surface area contributed by atoms with Crippen molar-refractivity contribution >= 4 is 46.2 Å². The molecule has 0 radical (unpaired) electrons. The van der Waals surface area contributed by atoms with Gasteiger partial charge in [0.25, 0.3) is 0 Å². The van der Waals surface area contributed by atoms with Gasteiger partial charge in [-0.2, -0.15) is 0 Å². The maximum Gasteiger partial charge on any atom is 0.200 e. The molecule has 4 heterocycles. The molecule has 1 aliphatic heterocycles. The lowest BCUT2D eigenvalue weighted by molar-refractivity contribution is 0.289. The molecule has 0 aliphatic carbocycles. The number of hydrogen-bond donors (Lipinski definition) is 0. The lowest BCUT2D eigenvalue weighted by atomic mass is 9.97. The van der Waals surface area contributed by atoms with E-state index in [2.05, 4.69) is 88.9 Å². The fourth-order valence-corrected chi connectivity index (χ4v) is 6.15. The van der Waals surface area contributed by atoms with Crippen LogP contribution in [0.25, 0.3) is 33.4 Å². The van der Waals surface area contributed by atoms with Crippen LogP contribution >= 0.6 is 24.2 Å². The Bertz CT molecular complexity index is 1610. The average Bonchev–Trinajstić information content (AvgIpc) is 3.43. The molecular weight excluding hydrogens is 540 g/mol. The third kappa shape index (κ3) is 5.76. The minimum atomic E-state index is -0.0790. The second-order valence-corrected chi connectivity index (χ2v) is 12.7. The molecule has 3 aromatic heterocycles. The van der Waals surface area contributed by atoms with Crippen LogP contribution in [-0.2, 0) is 25.3 Å². The maximum atomic E-state index is 6.11. The highest BCUT2D eigenvalue weighted by atomic mass is 35.5. The second kappa shape index (κ2) is 11.5. The molecule has 9 heteroatoms. The van der Waals surface area contributed by atoms with Crippen molar-refractivity contribution in [2.45, 2.75) is 57.5 Å². The van der Waals surface area contributed by atoms with Crippen LogP contribution in [0.1, 0.15) is 49.9 Å². The molecule has 0 spiro atoms. The van der Waals surface area contributed by atoms with Gasteiger partial charge in [-0.3, -0.25) is 4.98 Å². The Balaban J connectivity index is 0.00000323. The first kappa shape index (κ1) is 28.6. The summed E-state index contributed by atoms with van der Waals surface area (Å²) in [5.74, 6) is 2.71. The molecular formula is C31H37ClN6OS. The highest BCUT2D eigenvalue weighted by Crippen LogP contribution is 2.30. The van der Waals surface area contributed by atoms with Crippen LogP contribution in [0.4, 0.5) is 0 Å². The number of rotatable bonds is 6. The van der Waals surface area contributed by atoms with Crippen molar-refractivity contribution in [2.24, 2.45) is 7.05 Å². The summed E-state index contributed by atoms with van der Waals surface area (Å²) in [4.78, 5) is 12.0. The van der Waals surface area contributed by atoms with E-state index in [9.17, 15) is 0 Å². The number of pyridine rings is 1. The van der Waals surface area contributed by atoms with Gasteiger partial charge in [-0.05, 0) is 68.1 Å². The predicted octanol–water partition coefficient (Wildman–Crippen LogP) is 6.78. The number of hydrogen-bond acceptors (Lipinski definition) is 7. The number of benzene rings is 2. The number of oxazole rings is 1. The van der Waals surface area contributed by atoms with E-state index >= 15 is 0 Å². The summed E-state index contributed by atoms with van der Waals surface area (Å²) in [6.45, 7) is 11.7. The minimum Gasteiger partial charge on any atom is -0.440 e. The molecule has 0 saturated heterocycles. The first-order valence-electron chi connectivity index (χ1n) is 13.8. The van der Waals surface area contributed by atoms with Crippen LogP contribution in [0.15, 0.2) is 52.0 Å². The second-order valence-electron chi connectivity index (χ2n) is 11.6. The topological polar surface area (TPSA) is 72.9 Å². The summed E-state index contributed by atoms with van der Waals surface area (Å²) >= 11 is 1.78. The summed E-state index contributed by atoms with van der Waals surface area (Å²) in [6.07, 6.45) is 3.22. The molecule has 40 heavy (non-hydrogen) atoms. The Morgan fingerprint density at radius 3 is 2.50 bits per heavy atom. The number of nitrogens with zero attached hydrogens (tertiary/aromatic N) is 6. The van der Waals surface area contributed by atoms with Crippen LogP contribution in [0, 0.1) is 6.92 Å². The molecule has 0 bridgehead atoms. The molecule has 0 amide bonds. The standard InChI is InChI=1S/C31H36N6OS.ClH/c1-20-10-11-23-24(8-6-9-25(23)32-20)28-34-35-30(36(28)5)39-17-7-14-37-15-12-21-18-26-27(19-22(21)13-16-37)38-29(33-26)31(2,3)4;/h6,8-11,18-19H,7,12-17H2,1-5H3;1H. The van der Waals surface area contributed by atoms with E-state index in [4.69, 9.17) is 9.40 Å². The third-order valence-electron chi connectivity index (χ3n) is 7.54. The number of halogens is 1. The summed E-state index contributed by atoms with van der Waals surface area (Å²) in [6, 6.07) is 14.9. The van der Waals surface area contributed by atoms with Crippen LogP contribution in [-0.4, -0.2) is 55.0 Å². The molecule has 0 N–H and O–H groups in total. The normalized spacial score (nSPS) is 14.3. The zero-order chi connectivity index (χ0) is 27.1. The SMILES string of the molecule is Cc1ccc2c(-c3nnc(SCCCN4CCc5cc6nc(C(C)(C)C)oc6cc5CC4)n3C)cccc2n1.Cl. The molecule has 7 nitrogen and oxygen atoms in total. The number of thioether (sulfide) groups is 1. The number of aromatic nitrogens is 5. The van der Waals surface area contributed by atoms with Gasteiger partial charge >= 0.3 is 0 Å². The zero-order valence-corrected chi connectivity index (χ0v) is 25.5. The molecule has 0 fully saturated rings. The van der Waals surface area contributed by atoms with Gasteiger partial charge in [-0.15, -0.1) is 22.6 Å². The lowest BCUT2D eigenvalue weighted by Gasteiger charge is -2.19. The molecule has 5 aromatic rings. The molecule has 6 rings (SSSR count). The quantitative estimate of drug-likeness (QED) is 0.163.